The van der Waals surface area contributed by atoms with E-state index in [2.05, 4.69) is 0 Å². The fourth-order valence-electron chi connectivity index (χ4n) is 1.28. The van der Waals surface area contributed by atoms with Crippen LogP contribution in [0.4, 0.5) is 5.69 Å². The van der Waals surface area contributed by atoms with Crippen molar-refractivity contribution >= 4 is 5.69 Å². The van der Waals surface area contributed by atoms with Crippen LogP contribution >= 0.6 is 0 Å². The number of hydrogen-bond donors (Lipinski definition) is 3. The summed E-state index contributed by atoms with van der Waals surface area (Å²) in [7, 11) is 1.49. The lowest BCUT2D eigenvalue weighted by atomic mass is 10.2. The Morgan fingerprint density at radius 3 is 2.62 bits per heavy atom. The predicted molar refractivity (Wildman–Crippen MR) is 60.5 cm³/mol. The first-order valence-corrected chi connectivity index (χ1v) is 4.96. The van der Waals surface area contributed by atoms with Gasteiger partial charge in [0, 0.05) is 0 Å². The average molecular weight is 227 g/mol. The standard InChI is InChI=1S/C11H17NO4/c1-7(14)6-16-11-9(12)3-8(5-13)4-10(11)15-2/h3-4,7,13-14H,5-6,12H2,1-2H3. The molecule has 4 N–H and O–H groups in total. The lowest BCUT2D eigenvalue weighted by Crippen LogP contribution is -2.14. The Kier molecular flexibility index (Phi) is 4.39. The van der Waals surface area contributed by atoms with Crippen LogP contribution in [0.3, 0.4) is 0 Å². The molecule has 0 heterocycles. The molecule has 0 aliphatic rings. The summed E-state index contributed by atoms with van der Waals surface area (Å²) in [5.41, 5.74) is 6.79. The second-order valence-electron chi connectivity index (χ2n) is 3.53. The Morgan fingerprint density at radius 1 is 1.44 bits per heavy atom. The molecule has 0 aliphatic heterocycles. The van der Waals surface area contributed by atoms with Crippen LogP contribution in [0.1, 0.15) is 12.5 Å². The number of methoxy groups -OCH3 is 1. The number of rotatable bonds is 5. The molecule has 1 aromatic carbocycles. The van der Waals surface area contributed by atoms with Crippen molar-refractivity contribution in [3.05, 3.63) is 17.7 Å². The highest BCUT2D eigenvalue weighted by atomic mass is 16.5. The van der Waals surface area contributed by atoms with E-state index in [1.807, 2.05) is 0 Å². The monoisotopic (exact) mass is 227 g/mol. The number of aliphatic hydroxyl groups is 2. The molecule has 0 amide bonds. The molecule has 0 spiro atoms. The molecule has 5 heteroatoms. The molecule has 1 unspecified atom stereocenters. The maximum absolute atomic E-state index is 9.12. The molecular formula is C11H17NO4. The summed E-state index contributed by atoms with van der Waals surface area (Å²) < 4.78 is 10.4. The summed E-state index contributed by atoms with van der Waals surface area (Å²) >= 11 is 0. The zero-order chi connectivity index (χ0) is 12.1. The lowest BCUT2D eigenvalue weighted by molar-refractivity contribution is 0.121. The molecule has 1 atom stereocenters. The third-order valence-electron chi connectivity index (χ3n) is 2.01. The van der Waals surface area contributed by atoms with E-state index in [-0.39, 0.29) is 13.2 Å². The fraction of sp³-hybridized carbons (Fsp3) is 0.455. The Balaban J connectivity index is 2.97. The van der Waals surface area contributed by atoms with E-state index < -0.39 is 6.10 Å². The molecule has 0 radical (unpaired) electrons. The first-order chi connectivity index (χ1) is 7.58. The molecular weight excluding hydrogens is 210 g/mol. The predicted octanol–water partition coefficient (Wildman–Crippen LogP) is 0.529. The third kappa shape index (κ3) is 3.01. The van der Waals surface area contributed by atoms with Crippen molar-refractivity contribution < 1.29 is 19.7 Å². The smallest absolute Gasteiger partial charge is 0.184 e. The number of benzene rings is 1. The lowest BCUT2D eigenvalue weighted by Gasteiger charge is -2.15. The molecule has 90 valence electrons. The van der Waals surface area contributed by atoms with Gasteiger partial charge in [0.2, 0.25) is 0 Å². The largest absolute Gasteiger partial charge is 0.493 e. The van der Waals surface area contributed by atoms with Gasteiger partial charge in [0.1, 0.15) is 6.61 Å². The summed E-state index contributed by atoms with van der Waals surface area (Å²) in [5, 5.41) is 18.1. The number of aliphatic hydroxyl groups excluding tert-OH is 2. The number of hydrogen-bond acceptors (Lipinski definition) is 5. The summed E-state index contributed by atoms with van der Waals surface area (Å²) in [6, 6.07) is 3.26. The van der Waals surface area contributed by atoms with E-state index >= 15 is 0 Å². The minimum atomic E-state index is -0.582. The van der Waals surface area contributed by atoms with Gasteiger partial charge in [0.05, 0.1) is 25.5 Å². The van der Waals surface area contributed by atoms with E-state index in [1.54, 1.807) is 19.1 Å². The zero-order valence-corrected chi connectivity index (χ0v) is 9.43. The normalized spacial score (nSPS) is 12.2. The molecule has 0 saturated heterocycles. The van der Waals surface area contributed by atoms with Crippen LogP contribution in [0.2, 0.25) is 0 Å². The highest BCUT2D eigenvalue weighted by Crippen LogP contribution is 2.34. The highest BCUT2D eigenvalue weighted by molar-refractivity contribution is 5.62. The van der Waals surface area contributed by atoms with Crippen molar-refractivity contribution in [3.8, 4) is 11.5 Å². The Labute approximate surface area is 94.4 Å². The zero-order valence-electron chi connectivity index (χ0n) is 9.43. The Hall–Kier alpha value is -1.46. The fourth-order valence-corrected chi connectivity index (χ4v) is 1.28. The van der Waals surface area contributed by atoms with Crippen molar-refractivity contribution in [3.63, 3.8) is 0 Å². The van der Waals surface area contributed by atoms with E-state index in [0.717, 1.165) is 0 Å². The van der Waals surface area contributed by atoms with Gasteiger partial charge in [-0.25, -0.2) is 0 Å². The van der Waals surface area contributed by atoms with Gasteiger partial charge >= 0.3 is 0 Å². The van der Waals surface area contributed by atoms with E-state index in [9.17, 15) is 0 Å². The summed E-state index contributed by atoms with van der Waals surface area (Å²) in [5.74, 6) is 0.838. The minimum absolute atomic E-state index is 0.114. The first-order valence-electron chi connectivity index (χ1n) is 4.96. The van der Waals surface area contributed by atoms with Crippen LogP contribution in [0.5, 0.6) is 11.5 Å². The van der Waals surface area contributed by atoms with E-state index in [1.165, 1.54) is 7.11 Å². The summed E-state index contributed by atoms with van der Waals surface area (Å²) in [4.78, 5) is 0. The van der Waals surface area contributed by atoms with Crippen molar-refractivity contribution in [1.82, 2.24) is 0 Å². The van der Waals surface area contributed by atoms with Gasteiger partial charge in [0.15, 0.2) is 11.5 Å². The molecule has 0 bridgehead atoms. The van der Waals surface area contributed by atoms with Crippen molar-refractivity contribution in [2.45, 2.75) is 19.6 Å². The van der Waals surface area contributed by atoms with Gasteiger partial charge in [0.25, 0.3) is 0 Å². The van der Waals surface area contributed by atoms with E-state index in [0.29, 0.717) is 22.7 Å². The first kappa shape index (κ1) is 12.6. The van der Waals surface area contributed by atoms with E-state index in [4.69, 9.17) is 25.4 Å². The molecule has 0 aliphatic carbocycles. The molecule has 1 rings (SSSR count). The molecule has 0 fully saturated rings. The second-order valence-corrected chi connectivity index (χ2v) is 3.53. The van der Waals surface area contributed by atoms with Crippen LogP contribution in [0, 0.1) is 0 Å². The van der Waals surface area contributed by atoms with Gasteiger partial charge in [-0.1, -0.05) is 0 Å². The molecule has 1 aromatic rings. The molecule has 0 saturated carbocycles. The second kappa shape index (κ2) is 5.58. The van der Waals surface area contributed by atoms with Gasteiger partial charge in [-0.05, 0) is 24.6 Å². The van der Waals surface area contributed by atoms with Gasteiger partial charge in [-0.15, -0.1) is 0 Å². The van der Waals surface area contributed by atoms with Crippen LogP contribution in [0.15, 0.2) is 12.1 Å². The molecule has 16 heavy (non-hydrogen) atoms. The maximum atomic E-state index is 9.12. The summed E-state index contributed by atoms with van der Waals surface area (Å²) in [6.07, 6.45) is -0.582. The summed E-state index contributed by atoms with van der Waals surface area (Å²) in [6.45, 7) is 1.64. The van der Waals surface area contributed by atoms with Crippen LogP contribution in [-0.2, 0) is 6.61 Å². The van der Waals surface area contributed by atoms with Crippen LogP contribution < -0.4 is 15.2 Å². The highest BCUT2D eigenvalue weighted by Gasteiger charge is 2.11. The third-order valence-corrected chi connectivity index (χ3v) is 2.01. The van der Waals surface area contributed by atoms with Crippen LogP contribution in [-0.4, -0.2) is 30.0 Å². The average Bonchev–Trinajstić information content (AvgIpc) is 2.26. The van der Waals surface area contributed by atoms with Gasteiger partial charge in [-0.2, -0.15) is 0 Å². The van der Waals surface area contributed by atoms with Crippen LogP contribution in [0.25, 0.3) is 0 Å². The SMILES string of the molecule is COc1cc(CO)cc(N)c1OCC(C)O. The Bertz CT molecular complexity index is 352. The quantitative estimate of drug-likeness (QED) is 0.639. The van der Waals surface area contributed by atoms with Crippen molar-refractivity contribution in [2.24, 2.45) is 0 Å². The topological polar surface area (TPSA) is 84.9 Å². The number of anilines is 1. The molecule has 0 aromatic heterocycles. The number of nitrogens with two attached hydrogens (primary N) is 1. The number of ether oxygens (including phenoxy) is 2. The van der Waals surface area contributed by atoms with Gasteiger partial charge < -0.3 is 25.4 Å². The molecule has 5 nitrogen and oxygen atoms in total. The Morgan fingerprint density at radius 2 is 2.12 bits per heavy atom. The van der Waals surface area contributed by atoms with Gasteiger partial charge in [-0.3, -0.25) is 0 Å². The van der Waals surface area contributed by atoms with Crippen molar-refractivity contribution in [1.29, 1.82) is 0 Å². The maximum Gasteiger partial charge on any atom is 0.184 e. The number of nitrogen functional groups attached to an aromatic ring is 1. The van der Waals surface area contributed by atoms with Crippen molar-refractivity contribution in [2.75, 3.05) is 19.5 Å². The minimum Gasteiger partial charge on any atom is -0.493 e.